The van der Waals surface area contributed by atoms with Gasteiger partial charge >= 0.3 is 12.1 Å². The molecule has 0 saturated heterocycles. The Kier molecular flexibility index (Phi) is 4.48. The maximum atomic E-state index is 12.9. The summed E-state index contributed by atoms with van der Waals surface area (Å²) < 4.78 is 38.1. The molecule has 1 heterocycles. The number of amides is 1. The first-order chi connectivity index (χ1) is 12.2. The molecule has 4 nitrogen and oxygen atoms in total. The fourth-order valence-corrected chi connectivity index (χ4v) is 3.30. The van der Waals surface area contributed by atoms with Crippen LogP contribution in [-0.2, 0) is 11.0 Å². The van der Waals surface area contributed by atoms with Crippen molar-refractivity contribution in [3.05, 3.63) is 65.2 Å². The normalized spacial score (nSPS) is 19.8. The first-order valence-electron chi connectivity index (χ1n) is 8.02. The van der Waals surface area contributed by atoms with Crippen LogP contribution in [0.1, 0.15) is 40.7 Å². The molecule has 0 radical (unpaired) electrons. The van der Waals surface area contributed by atoms with Crippen LogP contribution in [0.25, 0.3) is 0 Å². The predicted molar refractivity (Wildman–Crippen MR) is 89.2 cm³/mol. The monoisotopic (exact) mass is 363 g/mol. The van der Waals surface area contributed by atoms with Crippen LogP contribution >= 0.6 is 0 Å². The van der Waals surface area contributed by atoms with E-state index in [-0.39, 0.29) is 12.0 Å². The van der Waals surface area contributed by atoms with Gasteiger partial charge in [-0.25, -0.2) is 0 Å². The number of carbonyl (C=O) groups excluding carboxylic acids is 1. The molecule has 1 amide bonds. The Bertz CT molecular complexity index is 846. The number of nitrogens with zero attached hydrogens (tertiary/aromatic N) is 1. The standard InChI is InChI=1S/C19H16F3NO3/c1-11-10-15(18(25)26)14-4-2-3-5-16(14)23(11)17(24)12-6-8-13(9-7-12)19(20,21)22/h2-9,11,15H,10H2,1H3,(H,25,26)/t11-,15-/m0/s1. The van der Waals surface area contributed by atoms with Crippen molar-refractivity contribution >= 4 is 17.6 Å². The van der Waals surface area contributed by atoms with Gasteiger partial charge in [0.15, 0.2) is 0 Å². The molecule has 136 valence electrons. The average molecular weight is 363 g/mol. The topological polar surface area (TPSA) is 57.6 Å². The van der Waals surface area contributed by atoms with Gasteiger partial charge in [0, 0.05) is 17.3 Å². The van der Waals surface area contributed by atoms with E-state index in [4.69, 9.17) is 0 Å². The second-order valence-corrected chi connectivity index (χ2v) is 6.28. The molecule has 1 aliphatic rings. The Hall–Kier alpha value is -2.83. The molecule has 26 heavy (non-hydrogen) atoms. The molecule has 1 N–H and O–H groups in total. The number of carboxylic acid groups (broad SMARTS) is 1. The van der Waals surface area contributed by atoms with Crippen LogP contribution in [0.2, 0.25) is 0 Å². The fourth-order valence-electron chi connectivity index (χ4n) is 3.30. The molecule has 0 aliphatic carbocycles. The molecule has 0 unspecified atom stereocenters. The second kappa shape index (κ2) is 6.48. The summed E-state index contributed by atoms with van der Waals surface area (Å²) in [7, 11) is 0. The summed E-state index contributed by atoms with van der Waals surface area (Å²) >= 11 is 0. The van der Waals surface area contributed by atoms with Gasteiger partial charge in [0.2, 0.25) is 0 Å². The summed E-state index contributed by atoms with van der Waals surface area (Å²) in [6.07, 6.45) is -4.24. The molecule has 1 aliphatic heterocycles. The number of aliphatic carboxylic acids is 1. The number of carboxylic acids is 1. The number of carbonyl (C=O) groups is 2. The molecule has 0 fully saturated rings. The molecule has 0 saturated carbocycles. The number of alkyl halides is 3. The predicted octanol–water partition coefficient (Wildman–Crippen LogP) is 4.31. The smallest absolute Gasteiger partial charge is 0.416 e. The average Bonchev–Trinajstić information content (AvgIpc) is 2.59. The Balaban J connectivity index is 1.99. The van der Waals surface area contributed by atoms with Crippen LogP contribution in [0, 0.1) is 0 Å². The van der Waals surface area contributed by atoms with Crippen LogP contribution in [0.15, 0.2) is 48.5 Å². The first-order valence-corrected chi connectivity index (χ1v) is 8.02. The number of anilines is 1. The summed E-state index contributed by atoms with van der Waals surface area (Å²) in [6, 6.07) is 10.3. The molecular weight excluding hydrogens is 347 g/mol. The zero-order chi connectivity index (χ0) is 19.1. The van der Waals surface area contributed by atoms with Crippen molar-refractivity contribution in [2.45, 2.75) is 31.5 Å². The van der Waals surface area contributed by atoms with Gasteiger partial charge in [-0.15, -0.1) is 0 Å². The van der Waals surface area contributed by atoms with Gasteiger partial charge in [0.1, 0.15) is 0 Å². The van der Waals surface area contributed by atoms with E-state index >= 15 is 0 Å². The SMILES string of the molecule is C[C@H]1C[C@H](C(=O)O)c2ccccc2N1C(=O)c1ccc(C(F)(F)F)cc1. The van der Waals surface area contributed by atoms with Crippen LogP contribution in [0.5, 0.6) is 0 Å². The zero-order valence-corrected chi connectivity index (χ0v) is 13.8. The summed E-state index contributed by atoms with van der Waals surface area (Å²) in [5.41, 5.74) is 0.294. The number of hydrogen-bond donors (Lipinski definition) is 1. The van der Waals surface area contributed by atoms with Crippen molar-refractivity contribution in [1.29, 1.82) is 0 Å². The number of hydrogen-bond acceptors (Lipinski definition) is 2. The first kappa shape index (κ1) is 18.0. The van der Waals surface area contributed by atoms with Crippen LogP contribution in [-0.4, -0.2) is 23.0 Å². The van der Waals surface area contributed by atoms with E-state index in [2.05, 4.69) is 0 Å². The van der Waals surface area contributed by atoms with Gasteiger partial charge in [-0.3, -0.25) is 9.59 Å². The lowest BCUT2D eigenvalue weighted by Gasteiger charge is -2.38. The summed E-state index contributed by atoms with van der Waals surface area (Å²) in [5.74, 6) is -2.15. The van der Waals surface area contributed by atoms with Gasteiger partial charge in [-0.1, -0.05) is 18.2 Å². The van der Waals surface area contributed by atoms with Crippen LogP contribution in [0.3, 0.4) is 0 Å². The van der Waals surface area contributed by atoms with Crippen molar-refractivity contribution in [3.63, 3.8) is 0 Å². The number of fused-ring (bicyclic) bond motifs is 1. The minimum atomic E-state index is -4.47. The Morgan fingerprint density at radius 1 is 1.08 bits per heavy atom. The van der Waals surface area contributed by atoms with Crippen molar-refractivity contribution in [2.75, 3.05) is 4.90 Å². The van der Waals surface area contributed by atoms with Gasteiger partial charge in [0.25, 0.3) is 5.91 Å². The van der Waals surface area contributed by atoms with E-state index in [1.54, 1.807) is 31.2 Å². The van der Waals surface area contributed by atoms with Gasteiger partial charge in [0.05, 0.1) is 11.5 Å². The Morgan fingerprint density at radius 3 is 2.27 bits per heavy atom. The van der Waals surface area contributed by atoms with Crippen molar-refractivity contribution < 1.29 is 27.9 Å². The van der Waals surface area contributed by atoms with Gasteiger partial charge in [-0.2, -0.15) is 13.2 Å². The molecule has 2 atom stereocenters. The Morgan fingerprint density at radius 2 is 1.69 bits per heavy atom. The zero-order valence-electron chi connectivity index (χ0n) is 13.8. The van der Waals surface area contributed by atoms with Crippen molar-refractivity contribution in [1.82, 2.24) is 0 Å². The van der Waals surface area contributed by atoms with E-state index in [9.17, 15) is 27.9 Å². The summed E-state index contributed by atoms with van der Waals surface area (Å²) in [5, 5.41) is 9.44. The molecule has 2 aromatic carbocycles. The van der Waals surface area contributed by atoms with E-state index in [0.29, 0.717) is 11.3 Å². The number of benzene rings is 2. The lowest BCUT2D eigenvalue weighted by molar-refractivity contribution is -0.139. The molecule has 0 bridgehead atoms. The summed E-state index contributed by atoms with van der Waals surface area (Å²) in [4.78, 5) is 25.9. The molecule has 3 rings (SSSR count). The maximum absolute atomic E-state index is 12.9. The quantitative estimate of drug-likeness (QED) is 0.865. The third-order valence-corrected chi connectivity index (χ3v) is 4.57. The Labute approximate surface area is 147 Å². The van der Waals surface area contributed by atoms with Crippen molar-refractivity contribution in [2.24, 2.45) is 0 Å². The van der Waals surface area contributed by atoms with E-state index in [1.807, 2.05) is 0 Å². The highest BCUT2D eigenvalue weighted by molar-refractivity contribution is 6.07. The van der Waals surface area contributed by atoms with E-state index in [0.717, 1.165) is 24.3 Å². The number of para-hydroxylation sites is 1. The molecule has 7 heteroatoms. The fraction of sp³-hybridized carbons (Fsp3) is 0.263. The van der Waals surface area contributed by atoms with E-state index < -0.39 is 35.6 Å². The largest absolute Gasteiger partial charge is 0.481 e. The molecule has 0 spiro atoms. The molecule has 2 aromatic rings. The molecular formula is C19H16F3NO3. The van der Waals surface area contributed by atoms with E-state index in [1.165, 1.54) is 4.90 Å². The maximum Gasteiger partial charge on any atom is 0.416 e. The van der Waals surface area contributed by atoms with Crippen molar-refractivity contribution in [3.8, 4) is 0 Å². The van der Waals surface area contributed by atoms with Crippen LogP contribution in [0.4, 0.5) is 18.9 Å². The lowest BCUT2D eigenvalue weighted by atomic mass is 9.85. The minimum Gasteiger partial charge on any atom is -0.481 e. The molecule has 0 aromatic heterocycles. The third-order valence-electron chi connectivity index (χ3n) is 4.57. The summed E-state index contributed by atoms with van der Waals surface area (Å²) in [6.45, 7) is 1.73. The highest BCUT2D eigenvalue weighted by atomic mass is 19.4. The highest BCUT2D eigenvalue weighted by Gasteiger charge is 2.37. The minimum absolute atomic E-state index is 0.119. The lowest BCUT2D eigenvalue weighted by Crippen LogP contribution is -2.44. The van der Waals surface area contributed by atoms with Crippen LogP contribution < -0.4 is 4.90 Å². The number of rotatable bonds is 2. The number of halogens is 3. The third kappa shape index (κ3) is 3.16. The second-order valence-electron chi connectivity index (χ2n) is 6.28. The highest BCUT2D eigenvalue weighted by Crippen LogP contribution is 2.39. The van der Waals surface area contributed by atoms with Gasteiger partial charge in [-0.05, 0) is 49.2 Å². The van der Waals surface area contributed by atoms with Gasteiger partial charge < -0.3 is 10.0 Å².